The number of ether oxygens (including phenoxy) is 2. The summed E-state index contributed by atoms with van der Waals surface area (Å²) in [6.07, 6.45) is 4.97. The van der Waals surface area contributed by atoms with E-state index in [2.05, 4.69) is 11.4 Å². The minimum Gasteiger partial charge on any atom is -0.381 e. The SMILES string of the molecule is CCC(C#N)(CCCOC1CCOCC1)NC. The molecule has 1 saturated heterocycles. The van der Waals surface area contributed by atoms with Crippen LogP contribution in [-0.2, 0) is 9.47 Å². The van der Waals surface area contributed by atoms with Crippen LogP contribution in [0.15, 0.2) is 0 Å². The van der Waals surface area contributed by atoms with Gasteiger partial charge in [0.25, 0.3) is 0 Å². The number of nitrogens with one attached hydrogen (secondary N) is 1. The predicted octanol–water partition coefficient (Wildman–Crippen LogP) is 1.85. The fourth-order valence-electron chi connectivity index (χ4n) is 2.14. The summed E-state index contributed by atoms with van der Waals surface area (Å²) in [4.78, 5) is 0. The highest BCUT2D eigenvalue weighted by Gasteiger charge is 2.25. The van der Waals surface area contributed by atoms with Crippen LogP contribution < -0.4 is 5.32 Å². The predicted molar refractivity (Wildman–Crippen MR) is 66.7 cm³/mol. The molecule has 0 aromatic heterocycles. The van der Waals surface area contributed by atoms with Gasteiger partial charge in [0, 0.05) is 19.8 Å². The Hall–Kier alpha value is -0.630. The summed E-state index contributed by atoms with van der Waals surface area (Å²) in [5.74, 6) is 0. The van der Waals surface area contributed by atoms with Crippen molar-refractivity contribution in [1.29, 1.82) is 5.26 Å². The Morgan fingerprint density at radius 2 is 2.18 bits per heavy atom. The summed E-state index contributed by atoms with van der Waals surface area (Å²) in [5, 5.41) is 12.3. The van der Waals surface area contributed by atoms with Crippen LogP contribution in [0.3, 0.4) is 0 Å². The fraction of sp³-hybridized carbons (Fsp3) is 0.923. The monoisotopic (exact) mass is 240 g/mol. The number of hydrogen-bond acceptors (Lipinski definition) is 4. The van der Waals surface area contributed by atoms with E-state index in [9.17, 15) is 0 Å². The van der Waals surface area contributed by atoms with E-state index in [1.165, 1.54) is 0 Å². The van der Waals surface area contributed by atoms with Gasteiger partial charge in [0.1, 0.15) is 5.54 Å². The van der Waals surface area contributed by atoms with Crippen LogP contribution in [0, 0.1) is 11.3 Å². The average molecular weight is 240 g/mol. The third-order valence-electron chi connectivity index (χ3n) is 3.57. The molecule has 0 amide bonds. The van der Waals surface area contributed by atoms with Crippen molar-refractivity contribution in [3.05, 3.63) is 0 Å². The molecule has 1 fully saturated rings. The van der Waals surface area contributed by atoms with Crippen molar-refractivity contribution in [1.82, 2.24) is 5.32 Å². The van der Waals surface area contributed by atoms with Gasteiger partial charge in [-0.05, 0) is 39.2 Å². The highest BCUT2D eigenvalue weighted by Crippen LogP contribution is 2.17. The lowest BCUT2D eigenvalue weighted by atomic mass is 9.92. The second-order valence-corrected chi connectivity index (χ2v) is 4.58. The molecule has 0 radical (unpaired) electrons. The zero-order chi connectivity index (χ0) is 12.6. The zero-order valence-electron chi connectivity index (χ0n) is 11.0. The van der Waals surface area contributed by atoms with Crippen molar-refractivity contribution in [2.75, 3.05) is 26.9 Å². The Morgan fingerprint density at radius 3 is 2.71 bits per heavy atom. The first-order valence-corrected chi connectivity index (χ1v) is 6.56. The second kappa shape index (κ2) is 7.65. The first-order chi connectivity index (χ1) is 8.26. The Kier molecular flexibility index (Phi) is 6.49. The maximum Gasteiger partial charge on any atom is 0.106 e. The van der Waals surface area contributed by atoms with E-state index in [4.69, 9.17) is 14.7 Å². The van der Waals surface area contributed by atoms with E-state index in [0.29, 0.717) is 6.10 Å². The van der Waals surface area contributed by atoms with E-state index < -0.39 is 0 Å². The van der Waals surface area contributed by atoms with Gasteiger partial charge in [-0.1, -0.05) is 6.92 Å². The lowest BCUT2D eigenvalue weighted by molar-refractivity contribution is -0.0334. The van der Waals surface area contributed by atoms with Crippen molar-refractivity contribution in [3.63, 3.8) is 0 Å². The molecule has 0 bridgehead atoms. The van der Waals surface area contributed by atoms with Crippen LogP contribution in [0.5, 0.6) is 0 Å². The molecule has 1 aliphatic rings. The van der Waals surface area contributed by atoms with Crippen LogP contribution in [0.2, 0.25) is 0 Å². The molecular formula is C13H24N2O2. The van der Waals surface area contributed by atoms with Crippen molar-refractivity contribution < 1.29 is 9.47 Å². The summed E-state index contributed by atoms with van der Waals surface area (Å²) in [6, 6.07) is 2.37. The normalized spacial score (nSPS) is 20.8. The molecule has 1 atom stereocenters. The van der Waals surface area contributed by atoms with E-state index in [1.807, 2.05) is 14.0 Å². The zero-order valence-corrected chi connectivity index (χ0v) is 11.0. The largest absolute Gasteiger partial charge is 0.381 e. The molecular weight excluding hydrogens is 216 g/mol. The molecule has 1 heterocycles. The van der Waals surface area contributed by atoms with Crippen LogP contribution in [-0.4, -0.2) is 38.5 Å². The highest BCUT2D eigenvalue weighted by atomic mass is 16.5. The van der Waals surface area contributed by atoms with Crippen molar-refractivity contribution in [2.45, 2.75) is 50.7 Å². The highest BCUT2D eigenvalue weighted by molar-refractivity contribution is 5.05. The lowest BCUT2D eigenvalue weighted by Gasteiger charge is -2.26. The first-order valence-electron chi connectivity index (χ1n) is 6.56. The molecule has 0 aliphatic carbocycles. The summed E-state index contributed by atoms with van der Waals surface area (Å²) in [6.45, 7) is 4.42. The van der Waals surface area contributed by atoms with Gasteiger partial charge in [0.05, 0.1) is 12.2 Å². The first kappa shape index (κ1) is 14.4. The summed E-state index contributed by atoms with van der Waals surface area (Å²) >= 11 is 0. The Morgan fingerprint density at radius 1 is 1.47 bits per heavy atom. The Balaban J connectivity index is 2.16. The quantitative estimate of drug-likeness (QED) is 0.690. The summed E-state index contributed by atoms with van der Waals surface area (Å²) in [7, 11) is 1.85. The molecule has 17 heavy (non-hydrogen) atoms. The molecule has 1 N–H and O–H groups in total. The van der Waals surface area contributed by atoms with Crippen LogP contribution in [0.25, 0.3) is 0 Å². The van der Waals surface area contributed by atoms with Gasteiger partial charge < -0.3 is 14.8 Å². The van der Waals surface area contributed by atoms with Gasteiger partial charge in [-0.2, -0.15) is 5.26 Å². The second-order valence-electron chi connectivity index (χ2n) is 4.58. The van der Waals surface area contributed by atoms with Gasteiger partial charge in [-0.25, -0.2) is 0 Å². The fourth-order valence-corrected chi connectivity index (χ4v) is 2.14. The minimum atomic E-state index is -0.376. The van der Waals surface area contributed by atoms with E-state index in [1.54, 1.807) is 0 Å². The summed E-state index contributed by atoms with van der Waals surface area (Å²) < 4.78 is 11.1. The average Bonchev–Trinajstić information content (AvgIpc) is 2.41. The van der Waals surface area contributed by atoms with Gasteiger partial charge in [0.2, 0.25) is 0 Å². The molecule has 4 heteroatoms. The van der Waals surface area contributed by atoms with Crippen molar-refractivity contribution in [2.24, 2.45) is 0 Å². The number of nitriles is 1. The minimum absolute atomic E-state index is 0.358. The van der Waals surface area contributed by atoms with Gasteiger partial charge >= 0.3 is 0 Å². The number of rotatable bonds is 7. The van der Waals surface area contributed by atoms with Gasteiger partial charge in [-0.3, -0.25) is 0 Å². The lowest BCUT2D eigenvalue weighted by Crippen LogP contribution is -2.41. The number of nitrogens with zero attached hydrogens (tertiary/aromatic N) is 1. The van der Waals surface area contributed by atoms with Crippen LogP contribution >= 0.6 is 0 Å². The Labute approximate surface area is 104 Å². The molecule has 0 saturated carbocycles. The Bertz CT molecular complexity index is 240. The topological polar surface area (TPSA) is 54.3 Å². The molecule has 0 spiro atoms. The van der Waals surface area contributed by atoms with Gasteiger partial charge in [-0.15, -0.1) is 0 Å². The number of hydrogen-bond donors (Lipinski definition) is 1. The third kappa shape index (κ3) is 4.63. The molecule has 4 nitrogen and oxygen atoms in total. The molecule has 0 aromatic carbocycles. The molecule has 0 aromatic rings. The van der Waals surface area contributed by atoms with E-state index in [0.717, 1.165) is 51.9 Å². The van der Waals surface area contributed by atoms with Gasteiger partial charge in [0.15, 0.2) is 0 Å². The van der Waals surface area contributed by atoms with E-state index in [-0.39, 0.29) is 5.54 Å². The van der Waals surface area contributed by atoms with Crippen molar-refractivity contribution >= 4 is 0 Å². The maximum atomic E-state index is 9.15. The summed E-state index contributed by atoms with van der Waals surface area (Å²) in [5.41, 5.74) is -0.376. The standard InChI is InChI=1S/C13H24N2O2/c1-3-13(11-14,15-2)7-4-8-17-12-5-9-16-10-6-12/h12,15H,3-10H2,1-2H3. The molecule has 1 rings (SSSR count). The molecule has 1 aliphatic heterocycles. The third-order valence-corrected chi connectivity index (χ3v) is 3.57. The van der Waals surface area contributed by atoms with E-state index >= 15 is 0 Å². The van der Waals surface area contributed by atoms with Crippen LogP contribution in [0.1, 0.15) is 39.0 Å². The maximum absolute atomic E-state index is 9.15. The van der Waals surface area contributed by atoms with Crippen LogP contribution in [0.4, 0.5) is 0 Å². The molecule has 1 unspecified atom stereocenters. The molecule has 98 valence electrons. The smallest absolute Gasteiger partial charge is 0.106 e. The van der Waals surface area contributed by atoms with Crippen molar-refractivity contribution in [3.8, 4) is 6.07 Å².